The molecule has 0 radical (unpaired) electrons. The molecule has 0 saturated carbocycles. The molecule has 1 aromatic heterocycles. The Morgan fingerprint density at radius 3 is 2.63 bits per heavy atom. The molecule has 0 aliphatic carbocycles. The van der Waals surface area contributed by atoms with Crippen molar-refractivity contribution in [2.24, 2.45) is 0 Å². The third-order valence-electron chi connectivity index (χ3n) is 2.63. The van der Waals surface area contributed by atoms with Crippen molar-refractivity contribution in [3.05, 3.63) is 46.3 Å². The van der Waals surface area contributed by atoms with Crippen molar-refractivity contribution in [3.63, 3.8) is 0 Å². The van der Waals surface area contributed by atoms with Crippen molar-refractivity contribution < 1.29 is 9.13 Å². The van der Waals surface area contributed by atoms with Gasteiger partial charge in [-0.2, -0.15) is 0 Å². The topological polar surface area (TPSA) is 90.9 Å². The van der Waals surface area contributed by atoms with Gasteiger partial charge in [-0.3, -0.25) is 14.3 Å². The van der Waals surface area contributed by atoms with Gasteiger partial charge in [0.15, 0.2) is 0 Å². The van der Waals surface area contributed by atoms with E-state index in [1.165, 1.54) is 18.5 Å². The maximum absolute atomic E-state index is 11.4. The van der Waals surface area contributed by atoms with Gasteiger partial charge < -0.3 is 4.57 Å². The third-order valence-corrected chi connectivity index (χ3v) is 3.46. The Balaban J connectivity index is 2.04. The molecule has 2 aromatic rings. The zero-order valence-electron chi connectivity index (χ0n) is 10.2. The molecule has 0 bridgehead atoms. The highest BCUT2D eigenvalue weighted by Gasteiger charge is 2.08. The molecular weight excluding hydrogens is 268 g/mol. The lowest BCUT2D eigenvalue weighted by Crippen LogP contribution is -2.06. The van der Waals surface area contributed by atoms with Crippen LogP contribution in [0.4, 0.5) is 5.69 Å². The zero-order chi connectivity index (χ0) is 13.8. The van der Waals surface area contributed by atoms with Crippen molar-refractivity contribution in [1.82, 2.24) is 14.8 Å². The number of non-ortho nitro benzene ring substituents is 1. The van der Waals surface area contributed by atoms with Gasteiger partial charge in [0, 0.05) is 24.9 Å². The lowest BCUT2D eigenvalue weighted by Gasteiger charge is -2.04. The number of nitro benzene ring substituents is 1. The molecule has 0 N–H and O–H groups in total. The second kappa shape index (κ2) is 5.70. The first-order valence-corrected chi connectivity index (χ1v) is 7.08. The number of nitrogens with zero attached hydrogens (tertiary/aromatic N) is 4. The Morgan fingerprint density at radius 2 is 2.05 bits per heavy atom. The number of nitro groups is 1. The van der Waals surface area contributed by atoms with Gasteiger partial charge in [-0.05, 0) is 12.0 Å². The minimum atomic E-state index is -1.18. The first-order chi connectivity index (χ1) is 9.08. The van der Waals surface area contributed by atoms with Crippen molar-refractivity contribution in [2.45, 2.75) is 18.1 Å². The predicted molar refractivity (Wildman–Crippen MR) is 69.2 cm³/mol. The van der Waals surface area contributed by atoms with Crippen LogP contribution < -0.4 is 0 Å². The van der Waals surface area contributed by atoms with Gasteiger partial charge in [0.2, 0.25) is 5.16 Å². The summed E-state index contributed by atoms with van der Waals surface area (Å²) >= 11 is 0. The fourth-order valence-electron chi connectivity index (χ4n) is 1.65. The molecule has 0 amide bonds. The van der Waals surface area contributed by atoms with E-state index < -0.39 is 15.7 Å². The minimum absolute atomic E-state index is 0.0726. The van der Waals surface area contributed by atoms with E-state index in [0.29, 0.717) is 18.1 Å². The first-order valence-electron chi connectivity index (χ1n) is 5.52. The highest BCUT2D eigenvalue weighted by molar-refractivity contribution is 7.84. The summed E-state index contributed by atoms with van der Waals surface area (Å²) < 4.78 is 13.1. The van der Waals surface area contributed by atoms with E-state index in [-0.39, 0.29) is 5.69 Å². The van der Waals surface area contributed by atoms with Crippen LogP contribution in [-0.2, 0) is 23.8 Å². The molecule has 100 valence electrons. The monoisotopic (exact) mass is 280 g/mol. The van der Waals surface area contributed by atoms with Gasteiger partial charge in [0.25, 0.3) is 5.69 Å². The van der Waals surface area contributed by atoms with Crippen LogP contribution in [0.25, 0.3) is 0 Å². The van der Waals surface area contributed by atoms with Gasteiger partial charge in [0.05, 0.1) is 15.7 Å². The van der Waals surface area contributed by atoms with Crippen LogP contribution in [0.15, 0.2) is 35.7 Å². The minimum Gasteiger partial charge on any atom is -0.306 e. The Bertz CT molecular complexity index is 609. The first kappa shape index (κ1) is 13.3. The molecule has 0 aliphatic rings. The van der Waals surface area contributed by atoms with E-state index in [1.54, 1.807) is 23.0 Å². The van der Waals surface area contributed by atoms with E-state index in [2.05, 4.69) is 10.2 Å². The normalized spacial score (nSPS) is 12.3. The average Bonchev–Trinajstić information content (AvgIpc) is 2.85. The summed E-state index contributed by atoms with van der Waals surface area (Å²) in [5, 5.41) is 18.5. The Labute approximate surface area is 111 Å². The predicted octanol–water partition coefficient (Wildman–Crippen LogP) is 1.17. The molecule has 0 spiro atoms. The third kappa shape index (κ3) is 3.22. The standard InChI is InChI=1S/C11H12N4O3S/c1-19(18)11-13-12-8-14(11)7-6-9-2-4-10(5-3-9)15(16)17/h2-5,8H,6-7H2,1H3. The summed E-state index contributed by atoms with van der Waals surface area (Å²) in [5.74, 6) is 0. The van der Waals surface area contributed by atoms with Crippen LogP contribution >= 0.6 is 0 Å². The summed E-state index contributed by atoms with van der Waals surface area (Å²) in [6.07, 6.45) is 3.74. The quantitative estimate of drug-likeness (QED) is 0.605. The van der Waals surface area contributed by atoms with Crippen LogP contribution in [0, 0.1) is 10.1 Å². The lowest BCUT2D eigenvalue weighted by molar-refractivity contribution is -0.384. The second-order valence-corrected chi connectivity index (χ2v) is 5.21. The van der Waals surface area contributed by atoms with Gasteiger partial charge in [-0.15, -0.1) is 10.2 Å². The summed E-state index contributed by atoms with van der Waals surface area (Å²) in [5.41, 5.74) is 1.04. The van der Waals surface area contributed by atoms with Crippen LogP contribution in [0.1, 0.15) is 5.56 Å². The van der Waals surface area contributed by atoms with Gasteiger partial charge in [0.1, 0.15) is 6.33 Å². The summed E-state index contributed by atoms with van der Waals surface area (Å²) in [7, 11) is -1.18. The highest BCUT2D eigenvalue weighted by Crippen LogP contribution is 2.13. The van der Waals surface area contributed by atoms with E-state index in [9.17, 15) is 14.3 Å². The summed E-state index contributed by atoms with van der Waals surface area (Å²) in [6.45, 7) is 0.583. The van der Waals surface area contributed by atoms with E-state index in [4.69, 9.17) is 0 Å². The number of hydrogen-bond acceptors (Lipinski definition) is 5. The van der Waals surface area contributed by atoms with Crippen molar-refractivity contribution in [3.8, 4) is 0 Å². The van der Waals surface area contributed by atoms with Gasteiger partial charge in [-0.25, -0.2) is 0 Å². The highest BCUT2D eigenvalue weighted by atomic mass is 32.2. The van der Waals surface area contributed by atoms with Gasteiger partial charge >= 0.3 is 0 Å². The largest absolute Gasteiger partial charge is 0.306 e. The molecule has 8 heteroatoms. The number of benzene rings is 1. The van der Waals surface area contributed by atoms with Gasteiger partial charge in [-0.1, -0.05) is 12.1 Å². The Morgan fingerprint density at radius 1 is 1.37 bits per heavy atom. The van der Waals surface area contributed by atoms with Crippen LogP contribution in [0.3, 0.4) is 0 Å². The summed E-state index contributed by atoms with van der Waals surface area (Å²) in [6, 6.07) is 6.37. The smallest absolute Gasteiger partial charge is 0.269 e. The van der Waals surface area contributed by atoms with Crippen molar-refractivity contribution >= 4 is 16.5 Å². The molecular formula is C11H12N4O3S. The molecule has 2 rings (SSSR count). The molecule has 7 nitrogen and oxygen atoms in total. The molecule has 1 atom stereocenters. The fourth-order valence-corrected chi connectivity index (χ4v) is 2.29. The molecule has 0 fully saturated rings. The second-order valence-electron chi connectivity index (χ2n) is 3.93. The molecule has 0 saturated heterocycles. The number of aryl methyl sites for hydroxylation is 2. The Kier molecular flexibility index (Phi) is 4.00. The maximum Gasteiger partial charge on any atom is 0.269 e. The van der Waals surface area contributed by atoms with Crippen LogP contribution in [0.2, 0.25) is 0 Å². The zero-order valence-corrected chi connectivity index (χ0v) is 11.0. The van der Waals surface area contributed by atoms with Crippen molar-refractivity contribution in [2.75, 3.05) is 6.26 Å². The van der Waals surface area contributed by atoms with E-state index in [0.717, 1.165) is 5.56 Å². The van der Waals surface area contributed by atoms with E-state index >= 15 is 0 Å². The molecule has 19 heavy (non-hydrogen) atoms. The number of aromatic nitrogens is 3. The molecule has 1 aromatic carbocycles. The average molecular weight is 280 g/mol. The van der Waals surface area contributed by atoms with Crippen LogP contribution in [-0.4, -0.2) is 30.2 Å². The molecule has 1 heterocycles. The van der Waals surface area contributed by atoms with Crippen molar-refractivity contribution in [1.29, 1.82) is 0 Å². The maximum atomic E-state index is 11.4. The lowest BCUT2D eigenvalue weighted by atomic mass is 10.1. The molecule has 0 aliphatic heterocycles. The van der Waals surface area contributed by atoms with E-state index in [1.807, 2.05) is 0 Å². The number of rotatable bonds is 5. The molecule has 1 unspecified atom stereocenters. The summed E-state index contributed by atoms with van der Waals surface area (Å²) in [4.78, 5) is 10.1. The SMILES string of the molecule is CS(=O)c1nncn1CCc1ccc([N+](=O)[O-])cc1. The fraction of sp³-hybridized carbons (Fsp3) is 0.273. The number of hydrogen-bond donors (Lipinski definition) is 0. The van der Waals surface area contributed by atoms with Crippen LogP contribution in [0.5, 0.6) is 0 Å². The Hall–Kier alpha value is -2.09.